The zero-order valence-corrected chi connectivity index (χ0v) is 14.7. The van der Waals surface area contributed by atoms with Crippen molar-refractivity contribution in [3.63, 3.8) is 0 Å². The Labute approximate surface area is 138 Å². The number of hydrogen-bond donors (Lipinski definition) is 1. The summed E-state index contributed by atoms with van der Waals surface area (Å²) in [6.45, 7) is 10.6. The van der Waals surface area contributed by atoms with Gasteiger partial charge in [-0.1, -0.05) is 20.3 Å². The normalized spacial score (nSPS) is 22.0. The van der Waals surface area contributed by atoms with Crippen molar-refractivity contribution in [2.45, 2.75) is 51.6 Å². The van der Waals surface area contributed by atoms with E-state index in [1.165, 1.54) is 29.1 Å². The molecule has 4 nitrogen and oxygen atoms in total. The van der Waals surface area contributed by atoms with Crippen molar-refractivity contribution in [3.8, 4) is 0 Å². The van der Waals surface area contributed by atoms with Crippen LogP contribution in [0, 0.1) is 5.92 Å². The predicted molar refractivity (Wildman–Crippen MR) is 91.4 cm³/mol. The SMILES string of the molecule is CC(C)[C@H](CN1CCOCC1)NCc1cnc(C2CCC2)s1. The second-order valence-corrected chi connectivity index (χ2v) is 8.08. The summed E-state index contributed by atoms with van der Waals surface area (Å²) in [5, 5.41) is 5.12. The summed E-state index contributed by atoms with van der Waals surface area (Å²) in [4.78, 5) is 8.53. The molecule has 22 heavy (non-hydrogen) atoms. The van der Waals surface area contributed by atoms with Crippen LogP contribution in [0.15, 0.2) is 6.20 Å². The van der Waals surface area contributed by atoms with E-state index in [0.717, 1.165) is 45.3 Å². The Morgan fingerprint density at radius 3 is 2.77 bits per heavy atom. The van der Waals surface area contributed by atoms with Crippen molar-refractivity contribution in [2.75, 3.05) is 32.8 Å². The van der Waals surface area contributed by atoms with Crippen LogP contribution < -0.4 is 5.32 Å². The Morgan fingerprint density at radius 2 is 2.14 bits per heavy atom. The van der Waals surface area contributed by atoms with E-state index in [1.54, 1.807) is 0 Å². The van der Waals surface area contributed by atoms with Crippen LogP contribution in [-0.4, -0.2) is 48.8 Å². The zero-order chi connectivity index (χ0) is 15.4. The molecule has 3 rings (SSSR count). The van der Waals surface area contributed by atoms with Crippen LogP contribution in [0.3, 0.4) is 0 Å². The first-order valence-electron chi connectivity index (χ1n) is 8.70. The molecule has 1 aromatic heterocycles. The van der Waals surface area contributed by atoms with E-state index in [9.17, 15) is 0 Å². The molecule has 0 amide bonds. The Bertz CT molecular complexity index is 453. The maximum atomic E-state index is 5.44. The average Bonchev–Trinajstić information content (AvgIpc) is 2.90. The third kappa shape index (κ3) is 4.28. The molecule has 1 aromatic rings. The van der Waals surface area contributed by atoms with Crippen molar-refractivity contribution in [1.82, 2.24) is 15.2 Å². The highest BCUT2D eigenvalue weighted by molar-refractivity contribution is 7.11. The van der Waals surface area contributed by atoms with Crippen LogP contribution >= 0.6 is 11.3 Å². The molecular weight excluding hydrogens is 294 g/mol. The van der Waals surface area contributed by atoms with Crippen molar-refractivity contribution >= 4 is 11.3 Å². The van der Waals surface area contributed by atoms with Crippen molar-refractivity contribution in [1.29, 1.82) is 0 Å². The van der Waals surface area contributed by atoms with Crippen LogP contribution in [0.5, 0.6) is 0 Å². The highest BCUT2D eigenvalue weighted by atomic mass is 32.1. The lowest BCUT2D eigenvalue weighted by Gasteiger charge is -2.32. The van der Waals surface area contributed by atoms with Crippen molar-refractivity contribution in [2.24, 2.45) is 5.92 Å². The maximum absolute atomic E-state index is 5.44. The lowest BCUT2D eigenvalue weighted by atomic mass is 9.86. The zero-order valence-electron chi connectivity index (χ0n) is 13.9. The first kappa shape index (κ1) is 16.4. The first-order chi connectivity index (χ1) is 10.7. The second kappa shape index (κ2) is 7.86. The first-order valence-corrected chi connectivity index (χ1v) is 9.52. The van der Waals surface area contributed by atoms with Gasteiger partial charge in [-0.05, 0) is 18.8 Å². The number of morpholine rings is 1. The molecule has 1 aliphatic carbocycles. The Kier molecular flexibility index (Phi) is 5.85. The number of nitrogens with zero attached hydrogens (tertiary/aromatic N) is 2. The molecule has 2 heterocycles. The number of ether oxygens (including phenoxy) is 1. The van der Waals surface area contributed by atoms with E-state index in [1.807, 2.05) is 11.3 Å². The molecule has 0 unspecified atom stereocenters. The minimum atomic E-state index is 0.535. The van der Waals surface area contributed by atoms with Gasteiger partial charge in [0.15, 0.2) is 0 Å². The third-order valence-electron chi connectivity index (χ3n) is 4.93. The summed E-state index contributed by atoms with van der Waals surface area (Å²) in [7, 11) is 0. The van der Waals surface area contributed by atoms with E-state index >= 15 is 0 Å². The Morgan fingerprint density at radius 1 is 1.36 bits per heavy atom. The van der Waals surface area contributed by atoms with E-state index in [4.69, 9.17) is 4.74 Å². The minimum absolute atomic E-state index is 0.535. The molecule has 124 valence electrons. The predicted octanol–water partition coefficient (Wildman–Crippen LogP) is 2.86. The number of nitrogens with one attached hydrogen (secondary N) is 1. The molecular formula is C17H29N3OS. The van der Waals surface area contributed by atoms with Gasteiger partial charge in [-0.25, -0.2) is 4.98 Å². The highest BCUT2D eigenvalue weighted by Crippen LogP contribution is 2.38. The monoisotopic (exact) mass is 323 g/mol. The van der Waals surface area contributed by atoms with E-state index < -0.39 is 0 Å². The van der Waals surface area contributed by atoms with Gasteiger partial charge in [0.25, 0.3) is 0 Å². The number of aromatic nitrogens is 1. The van der Waals surface area contributed by atoms with Gasteiger partial charge in [0.2, 0.25) is 0 Å². The topological polar surface area (TPSA) is 37.4 Å². The summed E-state index contributed by atoms with van der Waals surface area (Å²) < 4.78 is 5.44. The molecule has 0 bridgehead atoms. The Hall–Kier alpha value is -0.490. The van der Waals surface area contributed by atoms with Gasteiger partial charge in [0, 0.05) is 49.2 Å². The summed E-state index contributed by atoms with van der Waals surface area (Å²) in [6.07, 6.45) is 6.14. The number of hydrogen-bond acceptors (Lipinski definition) is 5. The van der Waals surface area contributed by atoms with Gasteiger partial charge >= 0.3 is 0 Å². The van der Waals surface area contributed by atoms with Gasteiger partial charge in [-0.15, -0.1) is 11.3 Å². The largest absolute Gasteiger partial charge is 0.379 e. The molecule has 1 aliphatic heterocycles. The molecule has 1 N–H and O–H groups in total. The van der Waals surface area contributed by atoms with E-state index in [2.05, 4.69) is 35.2 Å². The fraction of sp³-hybridized carbons (Fsp3) is 0.824. The molecule has 0 spiro atoms. The van der Waals surface area contributed by atoms with Crippen LogP contribution in [0.25, 0.3) is 0 Å². The molecule has 1 saturated carbocycles. The van der Waals surface area contributed by atoms with Gasteiger partial charge < -0.3 is 10.1 Å². The van der Waals surface area contributed by atoms with Gasteiger partial charge in [0.1, 0.15) is 0 Å². The molecule has 5 heteroatoms. The maximum Gasteiger partial charge on any atom is 0.0959 e. The molecule has 1 atom stereocenters. The summed E-state index contributed by atoms with van der Waals surface area (Å²) in [6, 6.07) is 0.535. The lowest BCUT2D eigenvalue weighted by Crippen LogP contribution is -2.47. The average molecular weight is 324 g/mol. The van der Waals surface area contributed by atoms with Crippen LogP contribution in [0.1, 0.15) is 48.9 Å². The summed E-state index contributed by atoms with van der Waals surface area (Å²) in [5.41, 5.74) is 0. The second-order valence-electron chi connectivity index (χ2n) is 6.94. The van der Waals surface area contributed by atoms with Crippen LogP contribution in [-0.2, 0) is 11.3 Å². The molecule has 1 saturated heterocycles. The molecule has 2 fully saturated rings. The third-order valence-corrected chi connectivity index (χ3v) is 6.09. The number of rotatable bonds is 7. The standard InChI is InChI=1S/C17H29N3OS/c1-13(2)16(12-20-6-8-21-9-7-20)18-10-15-11-19-17(22-15)14-4-3-5-14/h11,13-14,16,18H,3-10,12H2,1-2H3/t16-/m0/s1. The van der Waals surface area contributed by atoms with E-state index in [-0.39, 0.29) is 0 Å². The fourth-order valence-electron chi connectivity index (χ4n) is 3.05. The smallest absolute Gasteiger partial charge is 0.0959 e. The summed E-state index contributed by atoms with van der Waals surface area (Å²) in [5.74, 6) is 1.40. The lowest BCUT2D eigenvalue weighted by molar-refractivity contribution is 0.0309. The quantitative estimate of drug-likeness (QED) is 0.837. The molecule has 0 radical (unpaired) electrons. The fourth-order valence-corrected chi connectivity index (χ4v) is 4.09. The van der Waals surface area contributed by atoms with Gasteiger partial charge in [0.05, 0.1) is 18.2 Å². The molecule has 0 aromatic carbocycles. The summed E-state index contributed by atoms with van der Waals surface area (Å²) >= 11 is 1.91. The highest BCUT2D eigenvalue weighted by Gasteiger charge is 2.23. The van der Waals surface area contributed by atoms with E-state index in [0.29, 0.717) is 12.0 Å². The van der Waals surface area contributed by atoms with Crippen LogP contribution in [0.4, 0.5) is 0 Å². The van der Waals surface area contributed by atoms with Crippen LogP contribution in [0.2, 0.25) is 0 Å². The van der Waals surface area contributed by atoms with Gasteiger partial charge in [-0.3, -0.25) is 4.90 Å². The van der Waals surface area contributed by atoms with Crippen molar-refractivity contribution in [3.05, 3.63) is 16.1 Å². The molecule has 2 aliphatic rings. The Balaban J connectivity index is 1.48. The minimum Gasteiger partial charge on any atom is -0.379 e. The van der Waals surface area contributed by atoms with Crippen molar-refractivity contribution < 1.29 is 4.74 Å². The number of thiazole rings is 1. The van der Waals surface area contributed by atoms with Gasteiger partial charge in [-0.2, -0.15) is 0 Å².